The predicted octanol–water partition coefficient (Wildman–Crippen LogP) is 2.19. The molecule has 1 aromatic rings. The summed E-state index contributed by atoms with van der Waals surface area (Å²) in [6.45, 7) is 2.91. The van der Waals surface area contributed by atoms with E-state index in [-0.39, 0.29) is 17.5 Å². The number of likely N-dealkylation sites (N-methyl/N-ethyl adjacent to an activating group) is 1. The molecule has 0 bridgehead atoms. The summed E-state index contributed by atoms with van der Waals surface area (Å²) in [5, 5.41) is 10.8. The summed E-state index contributed by atoms with van der Waals surface area (Å²) in [5.41, 5.74) is 1.46. The van der Waals surface area contributed by atoms with Crippen molar-refractivity contribution >= 4 is 11.5 Å². The van der Waals surface area contributed by atoms with Crippen molar-refractivity contribution in [2.24, 2.45) is 0 Å². The van der Waals surface area contributed by atoms with E-state index < -0.39 is 4.92 Å². The molecule has 0 amide bonds. The Hall–Kier alpha value is -1.75. The van der Waals surface area contributed by atoms with Gasteiger partial charge in [-0.1, -0.05) is 6.07 Å². The van der Waals surface area contributed by atoms with E-state index >= 15 is 0 Å². The van der Waals surface area contributed by atoms with E-state index in [0.717, 1.165) is 24.9 Å². The molecule has 1 unspecified atom stereocenters. The van der Waals surface area contributed by atoms with Crippen LogP contribution in [0.5, 0.6) is 0 Å². The zero-order valence-electron chi connectivity index (χ0n) is 11.5. The van der Waals surface area contributed by atoms with Crippen molar-refractivity contribution < 1.29 is 14.2 Å². The molecule has 5 nitrogen and oxygen atoms in total. The number of rotatable bonds is 3. The van der Waals surface area contributed by atoms with Crippen LogP contribution in [0.2, 0.25) is 0 Å². The molecule has 0 radical (unpaired) electrons. The Kier molecular flexibility index (Phi) is 3.41. The minimum atomic E-state index is -0.447. The molecule has 1 aromatic carbocycles. The van der Waals surface area contributed by atoms with Crippen LogP contribution in [0.3, 0.4) is 0 Å². The molecule has 1 atom stereocenters. The average Bonchev–Trinajstić information content (AvgIpc) is 2.38. The van der Waals surface area contributed by atoms with Crippen molar-refractivity contribution in [1.29, 1.82) is 0 Å². The average molecular weight is 263 g/mol. The van der Waals surface area contributed by atoms with Crippen LogP contribution in [0.25, 0.3) is 0 Å². The number of quaternary nitrogens is 1. The van der Waals surface area contributed by atoms with Crippen LogP contribution >= 0.6 is 0 Å². The van der Waals surface area contributed by atoms with E-state index in [1.165, 1.54) is 12.1 Å². The van der Waals surface area contributed by atoms with E-state index in [1.54, 1.807) is 6.07 Å². The first-order valence-corrected chi connectivity index (χ1v) is 6.51. The second-order valence-corrected chi connectivity index (χ2v) is 5.61. The van der Waals surface area contributed by atoms with Crippen LogP contribution in [0.15, 0.2) is 18.2 Å². The summed E-state index contributed by atoms with van der Waals surface area (Å²) >= 11 is 0. The van der Waals surface area contributed by atoms with Crippen LogP contribution in [-0.4, -0.2) is 41.9 Å². The standard InChI is InChI=1S/C14H19N2O3/c1-4-16(2,3)13-8-6-10-5-7-11(15(18)19)9-12(10)14(13)17/h5,7,9,13H,4,6,8H2,1-3H3/q+1. The number of non-ortho nitro benzene ring substituents is 1. The van der Waals surface area contributed by atoms with E-state index in [4.69, 9.17) is 0 Å². The molecule has 0 aromatic heterocycles. The lowest BCUT2D eigenvalue weighted by molar-refractivity contribution is -0.904. The quantitative estimate of drug-likeness (QED) is 0.477. The number of benzene rings is 1. The highest BCUT2D eigenvalue weighted by Gasteiger charge is 2.38. The highest BCUT2D eigenvalue weighted by molar-refractivity contribution is 6.02. The van der Waals surface area contributed by atoms with Crippen molar-refractivity contribution in [2.75, 3.05) is 20.6 Å². The third kappa shape index (κ3) is 2.38. The number of carbonyl (C=O) groups is 1. The lowest BCUT2D eigenvalue weighted by Gasteiger charge is -2.38. The van der Waals surface area contributed by atoms with Crippen LogP contribution in [0.1, 0.15) is 29.3 Å². The first-order valence-electron chi connectivity index (χ1n) is 6.51. The molecule has 0 fully saturated rings. The molecule has 1 aliphatic carbocycles. The lowest BCUT2D eigenvalue weighted by Crippen LogP contribution is -2.54. The summed E-state index contributed by atoms with van der Waals surface area (Å²) < 4.78 is 0.626. The summed E-state index contributed by atoms with van der Waals surface area (Å²) in [6, 6.07) is 4.53. The monoisotopic (exact) mass is 263 g/mol. The maximum absolute atomic E-state index is 12.6. The van der Waals surface area contributed by atoms with Crippen LogP contribution in [0, 0.1) is 10.1 Å². The second kappa shape index (κ2) is 4.74. The number of nitro groups is 1. The first kappa shape index (κ1) is 13.7. The fourth-order valence-electron chi connectivity index (χ4n) is 2.62. The van der Waals surface area contributed by atoms with Crippen molar-refractivity contribution in [3.63, 3.8) is 0 Å². The van der Waals surface area contributed by atoms with Gasteiger partial charge >= 0.3 is 0 Å². The molecule has 5 heteroatoms. The fourth-order valence-corrected chi connectivity index (χ4v) is 2.62. The Bertz CT molecular complexity index is 537. The van der Waals surface area contributed by atoms with Crippen molar-refractivity contribution in [3.05, 3.63) is 39.4 Å². The van der Waals surface area contributed by atoms with Gasteiger partial charge in [-0.15, -0.1) is 0 Å². The maximum atomic E-state index is 12.6. The SMILES string of the molecule is CC[N+](C)(C)C1CCc2ccc([N+](=O)[O-])cc2C1=O. The lowest BCUT2D eigenvalue weighted by atomic mass is 9.85. The molecule has 0 spiro atoms. The Morgan fingerprint density at radius 2 is 2.11 bits per heavy atom. The van der Waals surface area contributed by atoms with Gasteiger partial charge in [0.25, 0.3) is 5.69 Å². The van der Waals surface area contributed by atoms with Gasteiger partial charge in [0.05, 0.1) is 25.6 Å². The number of ketones is 1. The van der Waals surface area contributed by atoms with Crippen LogP contribution < -0.4 is 0 Å². The molecule has 2 rings (SSSR count). The van der Waals surface area contributed by atoms with Gasteiger partial charge in [0, 0.05) is 24.1 Å². The smallest absolute Gasteiger partial charge is 0.270 e. The van der Waals surface area contributed by atoms with Gasteiger partial charge in [0.2, 0.25) is 5.78 Å². The van der Waals surface area contributed by atoms with E-state index in [0.29, 0.717) is 10.0 Å². The highest BCUT2D eigenvalue weighted by Crippen LogP contribution is 2.29. The number of hydrogen-bond donors (Lipinski definition) is 0. The second-order valence-electron chi connectivity index (χ2n) is 5.61. The highest BCUT2D eigenvalue weighted by atomic mass is 16.6. The first-order chi connectivity index (χ1) is 8.86. The molecule has 0 heterocycles. The third-order valence-electron chi connectivity index (χ3n) is 4.22. The van der Waals surface area contributed by atoms with E-state index in [9.17, 15) is 14.9 Å². The summed E-state index contributed by atoms with van der Waals surface area (Å²) in [7, 11) is 4.07. The number of hydrogen-bond acceptors (Lipinski definition) is 3. The van der Waals surface area contributed by atoms with Crippen LogP contribution in [0.4, 0.5) is 5.69 Å². The zero-order chi connectivity index (χ0) is 14.2. The zero-order valence-corrected chi connectivity index (χ0v) is 11.5. The van der Waals surface area contributed by atoms with Crippen LogP contribution in [-0.2, 0) is 6.42 Å². The van der Waals surface area contributed by atoms with Crippen molar-refractivity contribution in [2.45, 2.75) is 25.8 Å². The molecule has 0 saturated carbocycles. The van der Waals surface area contributed by atoms with Gasteiger partial charge in [-0.3, -0.25) is 14.9 Å². The van der Waals surface area contributed by atoms with Gasteiger partial charge in [-0.2, -0.15) is 0 Å². The summed E-state index contributed by atoms with van der Waals surface area (Å²) in [6.07, 6.45) is 1.62. The van der Waals surface area contributed by atoms with Crippen molar-refractivity contribution in [3.8, 4) is 0 Å². The van der Waals surface area contributed by atoms with E-state index in [2.05, 4.69) is 6.92 Å². The predicted molar refractivity (Wildman–Crippen MR) is 72.2 cm³/mol. The molecule has 102 valence electrons. The molecular formula is C14H19N2O3+. The Balaban J connectivity index is 2.42. The Morgan fingerprint density at radius 1 is 1.42 bits per heavy atom. The minimum absolute atomic E-state index is 0.00504. The van der Waals surface area contributed by atoms with Gasteiger partial charge < -0.3 is 4.48 Å². The minimum Gasteiger partial charge on any atom is -0.320 e. The molecule has 1 aliphatic rings. The normalized spacial score (nSPS) is 19.1. The van der Waals surface area contributed by atoms with Gasteiger partial charge in [0.15, 0.2) is 6.04 Å². The number of carbonyl (C=O) groups excluding carboxylic acids is 1. The van der Waals surface area contributed by atoms with E-state index in [1.807, 2.05) is 14.1 Å². The topological polar surface area (TPSA) is 60.2 Å². The summed E-state index contributed by atoms with van der Waals surface area (Å²) in [5.74, 6) is 0.0387. The van der Waals surface area contributed by atoms with Crippen molar-refractivity contribution in [1.82, 2.24) is 0 Å². The number of fused-ring (bicyclic) bond motifs is 1. The fraction of sp³-hybridized carbons (Fsp3) is 0.500. The summed E-state index contributed by atoms with van der Waals surface area (Å²) in [4.78, 5) is 22.9. The molecule has 0 saturated heterocycles. The third-order valence-corrected chi connectivity index (χ3v) is 4.22. The van der Waals surface area contributed by atoms with Gasteiger partial charge in [0.1, 0.15) is 0 Å². The molecular weight excluding hydrogens is 244 g/mol. The van der Waals surface area contributed by atoms with Gasteiger partial charge in [-0.25, -0.2) is 0 Å². The Morgan fingerprint density at radius 3 is 2.68 bits per heavy atom. The molecule has 19 heavy (non-hydrogen) atoms. The molecule has 0 N–H and O–H groups in total. The number of aryl methyl sites for hydroxylation is 1. The maximum Gasteiger partial charge on any atom is 0.270 e. The number of Topliss-reactive ketones (excluding diaryl/α,β-unsaturated/α-hetero) is 1. The molecule has 0 aliphatic heterocycles. The number of nitrogens with zero attached hydrogens (tertiary/aromatic N) is 2. The largest absolute Gasteiger partial charge is 0.320 e. The Labute approximate surface area is 112 Å². The number of nitro benzene ring substituents is 1. The van der Waals surface area contributed by atoms with Gasteiger partial charge in [-0.05, 0) is 18.9 Å².